The fraction of sp³-hybridized carbons (Fsp3) is 0.538. The van der Waals surface area contributed by atoms with Crippen LogP contribution in [0.15, 0.2) is 23.2 Å². The molecule has 8 heteroatoms. The predicted molar refractivity (Wildman–Crippen MR) is 85.5 cm³/mol. The van der Waals surface area contributed by atoms with Crippen molar-refractivity contribution in [3.05, 3.63) is 24.0 Å². The van der Waals surface area contributed by atoms with E-state index < -0.39 is 10.0 Å². The Morgan fingerprint density at radius 2 is 2.29 bits per heavy atom. The van der Waals surface area contributed by atoms with Crippen molar-refractivity contribution in [2.45, 2.75) is 24.3 Å². The zero-order chi connectivity index (χ0) is 15.6. The fourth-order valence-electron chi connectivity index (χ4n) is 2.58. The van der Waals surface area contributed by atoms with E-state index in [4.69, 9.17) is 18.0 Å². The summed E-state index contributed by atoms with van der Waals surface area (Å²) >= 11 is 4.88. The molecule has 1 aromatic rings. The van der Waals surface area contributed by atoms with Gasteiger partial charge in [0, 0.05) is 18.8 Å². The molecule has 2 atom stereocenters. The summed E-state index contributed by atoms with van der Waals surface area (Å²) in [6, 6.07) is 2.95. The summed E-state index contributed by atoms with van der Waals surface area (Å²) in [5.74, 6) is 0.239. The normalized spacial score (nSPS) is 23.9. The second-order valence-electron chi connectivity index (χ2n) is 5.47. The lowest BCUT2D eigenvalue weighted by Gasteiger charge is -2.35. The first-order valence-electron chi connectivity index (χ1n) is 6.77. The molecule has 116 valence electrons. The molecule has 6 nitrogen and oxygen atoms in total. The van der Waals surface area contributed by atoms with Gasteiger partial charge in [-0.1, -0.05) is 19.1 Å². The number of likely N-dealkylation sites (tertiary alicyclic amines) is 1. The monoisotopic (exact) mass is 328 g/mol. The average molecular weight is 328 g/mol. The van der Waals surface area contributed by atoms with E-state index in [0.29, 0.717) is 0 Å². The van der Waals surface area contributed by atoms with Crippen LogP contribution in [0.2, 0.25) is 0 Å². The number of aromatic nitrogens is 1. The van der Waals surface area contributed by atoms with Crippen LogP contribution in [0, 0.1) is 5.92 Å². The minimum atomic E-state index is -3.68. The van der Waals surface area contributed by atoms with Crippen molar-refractivity contribution in [3.8, 4) is 0 Å². The molecule has 0 aromatic carbocycles. The highest BCUT2D eigenvalue weighted by atomic mass is 32.2. The maximum absolute atomic E-state index is 12.6. The third kappa shape index (κ3) is 3.76. The minimum absolute atomic E-state index is 0.0209. The van der Waals surface area contributed by atoms with Gasteiger partial charge in [-0.15, -0.1) is 0 Å². The summed E-state index contributed by atoms with van der Waals surface area (Å²) in [4.78, 5) is 6.19. The second kappa shape index (κ2) is 6.35. The zero-order valence-electron chi connectivity index (χ0n) is 12.1. The second-order valence-corrected chi connectivity index (χ2v) is 7.59. The van der Waals surface area contributed by atoms with Gasteiger partial charge in [-0.05, 0) is 38.1 Å². The van der Waals surface area contributed by atoms with Crippen LogP contribution >= 0.6 is 12.2 Å². The molecule has 0 spiro atoms. The Morgan fingerprint density at radius 1 is 1.57 bits per heavy atom. The molecule has 2 unspecified atom stereocenters. The van der Waals surface area contributed by atoms with Gasteiger partial charge in [0.2, 0.25) is 10.0 Å². The van der Waals surface area contributed by atoms with E-state index in [-0.39, 0.29) is 27.5 Å². The molecule has 1 aromatic heterocycles. The smallest absolute Gasteiger partial charge is 0.243 e. The quantitative estimate of drug-likeness (QED) is 0.775. The van der Waals surface area contributed by atoms with Gasteiger partial charge >= 0.3 is 0 Å². The summed E-state index contributed by atoms with van der Waals surface area (Å²) in [5, 5.41) is 0. The molecule has 0 radical (unpaired) electrons. The first kappa shape index (κ1) is 16.3. The summed E-state index contributed by atoms with van der Waals surface area (Å²) in [6.07, 6.45) is 2.26. The Labute approximate surface area is 130 Å². The van der Waals surface area contributed by atoms with Gasteiger partial charge in [0.15, 0.2) is 0 Å². The first-order valence-corrected chi connectivity index (χ1v) is 8.66. The average Bonchev–Trinajstić information content (AvgIpc) is 2.42. The lowest BCUT2D eigenvalue weighted by atomic mass is 9.95. The topological polar surface area (TPSA) is 88.3 Å². The van der Waals surface area contributed by atoms with Crippen LogP contribution in [0.4, 0.5) is 0 Å². The predicted octanol–water partition coefficient (Wildman–Crippen LogP) is 0.334. The van der Waals surface area contributed by atoms with E-state index in [1.165, 1.54) is 12.3 Å². The van der Waals surface area contributed by atoms with Crippen molar-refractivity contribution >= 4 is 27.2 Å². The lowest BCUT2D eigenvalue weighted by molar-refractivity contribution is 0.188. The summed E-state index contributed by atoms with van der Waals surface area (Å²) in [6.45, 7) is 3.77. The maximum Gasteiger partial charge on any atom is 0.243 e. The number of hydrogen-bond acceptors (Lipinski definition) is 5. The Morgan fingerprint density at radius 3 is 2.90 bits per heavy atom. The van der Waals surface area contributed by atoms with Crippen LogP contribution in [-0.2, 0) is 10.0 Å². The Balaban J connectivity index is 2.25. The van der Waals surface area contributed by atoms with Crippen molar-refractivity contribution in [3.63, 3.8) is 0 Å². The fourth-order valence-corrected chi connectivity index (χ4v) is 4.36. The van der Waals surface area contributed by atoms with Crippen LogP contribution in [-0.4, -0.2) is 49.5 Å². The Bertz CT molecular complexity index is 633. The number of nitrogens with zero attached hydrogens (tertiary/aromatic N) is 2. The van der Waals surface area contributed by atoms with E-state index in [2.05, 4.69) is 14.6 Å². The number of thiocarbonyl (C=S) groups is 1. The van der Waals surface area contributed by atoms with E-state index >= 15 is 0 Å². The summed E-state index contributed by atoms with van der Waals surface area (Å²) in [7, 11) is -1.65. The lowest BCUT2D eigenvalue weighted by Crippen LogP contribution is -2.49. The molecular formula is C13H20N4O2S2. The number of nitrogens with two attached hydrogens (primary N) is 1. The van der Waals surface area contributed by atoms with Crippen LogP contribution in [0.3, 0.4) is 0 Å². The van der Waals surface area contributed by atoms with Crippen LogP contribution in [0.5, 0.6) is 0 Å². The summed E-state index contributed by atoms with van der Waals surface area (Å²) < 4.78 is 27.9. The van der Waals surface area contributed by atoms with E-state index in [1.807, 2.05) is 14.0 Å². The molecule has 1 aliphatic rings. The highest BCUT2D eigenvalue weighted by Gasteiger charge is 2.30. The third-order valence-corrected chi connectivity index (χ3v) is 5.42. The molecule has 0 bridgehead atoms. The minimum Gasteiger partial charge on any atom is -0.388 e. The van der Waals surface area contributed by atoms with Crippen LogP contribution in [0.1, 0.15) is 19.0 Å². The molecule has 0 amide bonds. The SMILES string of the molecule is CC1CN(C)CCC1NS(=O)(=O)c1cccnc1C(N)=S. The van der Waals surface area contributed by atoms with Crippen molar-refractivity contribution in [1.82, 2.24) is 14.6 Å². The summed E-state index contributed by atoms with van der Waals surface area (Å²) in [5.41, 5.74) is 5.70. The van der Waals surface area contributed by atoms with Gasteiger partial charge in [0.05, 0.1) is 0 Å². The molecular weight excluding hydrogens is 308 g/mol. The number of hydrogen-bond donors (Lipinski definition) is 2. The van der Waals surface area contributed by atoms with Crippen molar-refractivity contribution in [2.75, 3.05) is 20.1 Å². The molecule has 0 saturated carbocycles. The molecule has 1 saturated heterocycles. The number of rotatable bonds is 4. The van der Waals surface area contributed by atoms with E-state index in [0.717, 1.165) is 19.5 Å². The molecule has 3 N–H and O–H groups in total. The van der Waals surface area contributed by atoms with Gasteiger partial charge in [-0.25, -0.2) is 13.1 Å². The van der Waals surface area contributed by atoms with E-state index in [9.17, 15) is 8.42 Å². The van der Waals surface area contributed by atoms with Gasteiger partial charge in [0.25, 0.3) is 0 Å². The zero-order valence-corrected chi connectivity index (χ0v) is 13.7. The highest BCUT2D eigenvalue weighted by molar-refractivity contribution is 7.89. The largest absolute Gasteiger partial charge is 0.388 e. The standard InChI is InChI=1S/C13H20N4O2S2/c1-9-8-17(2)7-5-10(9)16-21(18,19)11-4-3-6-15-12(11)13(14)20/h3-4,6,9-10,16H,5,7-8H2,1-2H3,(H2,14,20). The Hall–Kier alpha value is -1.09. The van der Waals surface area contributed by atoms with Gasteiger partial charge in [0.1, 0.15) is 15.6 Å². The van der Waals surface area contributed by atoms with Crippen molar-refractivity contribution < 1.29 is 8.42 Å². The first-order chi connectivity index (χ1) is 9.81. The Kier molecular flexibility index (Phi) is 4.92. The van der Waals surface area contributed by atoms with Crippen molar-refractivity contribution in [2.24, 2.45) is 11.7 Å². The van der Waals surface area contributed by atoms with Crippen LogP contribution in [0.25, 0.3) is 0 Å². The number of sulfonamides is 1. The van der Waals surface area contributed by atoms with Gasteiger partial charge < -0.3 is 10.6 Å². The molecule has 1 fully saturated rings. The van der Waals surface area contributed by atoms with Crippen molar-refractivity contribution in [1.29, 1.82) is 0 Å². The molecule has 2 heterocycles. The highest BCUT2D eigenvalue weighted by Crippen LogP contribution is 2.20. The number of nitrogens with one attached hydrogen (secondary N) is 1. The molecule has 0 aliphatic carbocycles. The van der Waals surface area contributed by atoms with E-state index in [1.54, 1.807) is 6.07 Å². The maximum atomic E-state index is 12.6. The molecule has 1 aliphatic heterocycles. The molecule has 21 heavy (non-hydrogen) atoms. The van der Waals surface area contributed by atoms with Gasteiger partial charge in [-0.2, -0.15) is 0 Å². The van der Waals surface area contributed by atoms with Gasteiger partial charge in [-0.3, -0.25) is 4.98 Å². The number of pyridine rings is 1. The third-order valence-electron chi connectivity index (χ3n) is 3.71. The van der Waals surface area contributed by atoms with Crippen LogP contribution < -0.4 is 10.5 Å². The number of piperidine rings is 1. The molecule has 2 rings (SSSR count).